The lowest BCUT2D eigenvalue weighted by atomic mass is 10.2. The molecule has 4 rings (SSSR count). The second-order valence-electron chi connectivity index (χ2n) is 5.71. The third-order valence-electron chi connectivity index (χ3n) is 3.93. The molecule has 4 aromatic rings. The van der Waals surface area contributed by atoms with Gasteiger partial charge in [0.2, 0.25) is 4.96 Å². The number of ether oxygens (including phenoxy) is 1. The number of nitrogens with zero attached hydrogens (tertiary/aromatic N) is 3. The zero-order chi connectivity index (χ0) is 18.8. The van der Waals surface area contributed by atoms with E-state index < -0.39 is 0 Å². The third-order valence-corrected chi connectivity index (χ3v) is 4.89. The van der Waals surface area contributed by atoms with E-state index in [0.29, 0.717) is 20.9 Å². The van der Waals surface area contributed by atoms with Crippen LogP contribution in [-0.4, -0.2) is 21.7 Å². The summed E-state index contributed by atoms with van der Waals surface area (Å²) >= 11 is 1.18. The van der Waals surface area contributed by atoms with E-state index in [0.717, 1.165) is 11.3 Å². The number of hydrogen-bond acceptors (Lipinski definition) is 5. The second kappa shape index (κ2) is 7.13. The number of methoxy groups -OCH3 is 1. The Morgan fingerprint density at radius 3 is 2.59 bits per heavy atom. The number of hydrogen-bond donors (Lipinski definition) is 0. The summed E-state index contributed by atoms with van der Waals surface area (Å²) in [5.74, 6) is 0.841. The number of rotatable bonds is 4. The van der Waals surface area contributed by atoms with Crippen molar-refractivity contribution in [1.82, 2.24) is 14.6 Å². The van der Waals surface area contributed by atoms with Crippen LogP contribution in [0.1, 0.15) is 17.0 Å². The molecule has 5 nitrogen and oxygen atoms in total. The van der Waals surface area contributed by atoms with Crippen LogP contribution in [0.2, 0.25) is 0 Å². The summed E-state index contributed by atoms with van der Waals surface area (Å²) in [5.41, 5.74) is 1.01. The van der Waals surface area contributed by atoms with E-state index in [9.17, 15) is 9.18 Å². The van der Waals surface area contributed by atoms with Crippen molar-refractivity contribution in [3.8, 4) is 5.75 Å². The summed E-state index contributed by atoms with van der Waals surface area (Å²) in [6, 6.07) is 13.8. The molecule has 0 aliphatic carbocycles. The molecule has 0 unspecified atom stereocenters. The maximum atomic E-state index is 13.8. The molecule has 134 valence electrons. The summed E-state index contributed by atoms with van der Waals surface area (Å²) in [7, 11) is 1.62. The summed E-state index contributed by atoms with van der Waals surface area (Å²) < 4.78 is 20.5. The Morgan fingerprint density at radius 2 is 1.89 bits per heavy atom. The summed E-state index contributed by atoms with van der Waals surface area (Å²) in [5, 5.41) is 4.22. The van der Waals surface area contributed by atoms with Crippen molar-refractivity contribution in [2.45, 2.75) is 0 Å². The van der Waals surface area contributed by atoms with Crippen LogP contribution in [0.4, 0.5) is 4.39 Å². The fourth-order valence-corrected chi connectivity index (χ4v) is 3.44. The molecule has 27 heavy (non-hydrogen) atoms. The maximum absolute atomic E-state index is 13.8. The molecule has 0 aliphatic heterocycles. The minimum absolute atomic E-state index is 0.310. The van der Waals surface area contributed by atoms with E-state index in [4.69, 9.17) is 4.74 Å². The van der Waals surface area contributed by atoms with Gasteiger partial charge in [-0.15, -0.1) is 5.10 Å². The molecular weight excluding hydrogens is 365 g/mol. The van der Waals surface area contributed by atoms with Crippen molar-refractivity contribution in [1.29, 1.82) is 0 Å². The Morgan fingerprint density at radius 1 is 1.11 bits per heavy atom. The molecule has 0 spiro atoms. The fourth-order valence-electron chi connectivity index (χ4n) is 2.54. The van der Waals surface area contributed by atoms with Gasteiger partial charge < -0.3 is 4.74 Å². The first kappa shape index (κ1) is 17.1. The van der Waals surface area contributed by atoms with E-state index in [1.165, 1.54) is 28.0 Å². The Labute approximate surface area is 157 Å². The largest absolute Gasteiger partial charge is 0.497 e. The lowest BCUT2D eigenvalue weighted by molar-refractivity contribution is 0.415. The van der Waals surface area contributed by atoms with Gasteiger partial charge in [0.25, 0.3) is 5.56 Å². The molecular formula is C20H14FN3O2S. The Kier molecular flexibility index (Phi) is 4.52. The zero-order valence-electron chi connectivity index (χ0n) is 14.3. The summed E-state index contributed by atoms with van der Waals surface area (Å²) in [6.45, 7) is 0. The molecule has 0 aliphatic rings. The van der Waals surface area contributed by atoms with Crippen LogP contribution in [0.5, 0.6) is 5.75 Å². The van der Waals surface area contributed by atoms with Gasteiger partial charge >= 0.3 is 0 Å². The molecule has 2 aromatic carbocycles. The minimum Gasteiger partial charge on any atom is -0.497 e. The monoisotopic (exact) mass is 379 g/mol. The molecule has 0 bridgehead atoms. The van der Waals surface area contributed by atoms with Crippen LogP contribution >= 0.6 is 11.3 Å². The van der Waals surface area contributed by atoms with Crippen molar-refractivity contribution in [2.24, 2.45) is 0 Å². The van der Waals surface area contributed by atoms with Crippen LogP contribution in [0, 0.1) is 5.82 Å². The van der Waals surface area contributed by atoms with E-state index in [1.807, 2.05) is 30.3 Å². The predicted molar refractivity (Wildman–Crippen MR) is 104 cm³/mol. The average molecular weight is 379 g/mol. The van der Waals surface area contributed by atoms with Gasteiger partial charge in [-0.1, -0.05) is 47.7 Å². The zero-order valence-corrected chi connectivity index (χ0v) is 15.1. The molecule has 0 atom stereocenters. The SMILES string of the molecule is COc1ccc(/C=C/c2nc3s/c(=C/c4ccccc4F)c(=O)n3n2)cc1. The standard InChI is InChI=1S/C20H14FN3O2S/c1-26-15-9-6-13(7-10-15)8-11-18-22-20-24(23-18)19(25)17(27-20)12-14-4-2-3-5-16(14)21/h2-12H,1H3/b11-8+,17-12+. The van der Waals surface area contributed by atoms with Crippen molar-refractivity contribution in [3.05, 3.63) is 86.2 Å². The van der Waals surface area contributed by atoms with Gasteiger partial charge in [0.05, 0.1) is 11.6 Å². The summed E-state index contributed by atoms with van der Waals surface area (Å²) in [4.78, 5) is 17.3. The normalized spacial score (nSPS) is 12.3. The van der Waals surface area contributed by atoms with Crippen molar-refractivity contribution in [2.75, 3.05) is 7.11 Å². The van der Waals surface area contributed by atoms with Gasteiger partial charge in [-0.2, -0.15) is 9.50 Å². The first-order chi connectivity index (χ1) is 13.1. The average Bonchev–Trinajstić information content (AvgIpc) is 3.21. The molecule has 0 saturated carbocycles. The smallest absolute Gasteiger partial charge is 0.291 e. The van der Waals surface area contributed by atoms with Crippen molar-refractivity contribution < 1.29 is 9.13 Å². The molecule has 2 heterocycles. The van der Waals surface area contributed by atoms with Crippen molar-refractivity contribution >= 4 is 34.5 Å². The van der Waals surface area contributed by atoms with Gasteiger partial charge in [0.1, 0.15) is 11.6 Å². The van der Waals surface area contributed by atoms with Gasteiger partial charge in [-0.05, 0) is 35.9 Å². The maximum Gasteiger partial charge on any atom is 0.291 e. The van der Waals surface area contributed by atoms with E-state index >= 15 is 0 Å². The highest BCUT2D eigenvalue weighted by atomic mass is 32.1. The van der Waals surface area contributed by atoms with Crippen LogP contribution < -0.4 is 14.8 Å². The first-order valence-electron chi connectivity index (χ1n) is 8.12. The van der Waals surface area contributed by atoms with Crippen molar-refractivity contribution in [3.63, 3.8) is 0 Å². The third kappa shape index (κ3) is 3.50. The van der Waals surface area contributed by atoms with Gasteiger partial charge in [-0.25, -0.2) is 4.39 Å². The Bertz CT molecular complexity index is 1240. The van der Waals surface area contributed by atoms with E-state index in [-0.39, 0.29) is 11.4 Å². The minimum atomic E-state index is -0.376. The summed E-state index contributed by atoms with van der Waals surface area (Å²) in [6.07, 6.45) is 5.11. The second-order valence-corrected chi connectivity index (χ2v) is 6.72. The number of halogens is 1. The molecule has 0 N–H and O–H groups in total. The highest BCUT2D eigenvalue weighted by Crippen LogP contribution is 2.14. The highest BCUT2D eigenvalue weighted by molar-refractivity contribution is 7.15. The molecule has 0 saturated heterocycles. The fraction of sp³-hybridized carbons (Fsp3) is 0.0500. The molecule has 0 radical (unpaired) electrons. The van der Waals surface area contributed by atoms with Crippen LogP contribution in [0.3, 0.4) is 0 Å². The molecule has 0 fully saturated rings. The van der Waals surface area contributed by atoms with Gasteiger partial charge in [-0.3, -0.25) is 4.79 Å². The van der Waals surface area contributed by atoms with E-state index in [2.05, 4.69) is 10.1 Å². The molecule has 7 heteroatoms. The molecule has 2 aromatic heterocycles. The number of thiazole rings is 1. The molecule has 0 amide bonds. The predicted octanol–water partition coefficient (Wildman–Crippen LogP) is 3.02. The quantitative estimate of drug-likeness (QED) is 0.547. The number of fused-ring (bicyclic) bond motifs is 1. The number of aromatic nitrogens is 3. The van der Waals surface area contributed by atoms with Gasteiger partial charge in [0, 0.05) is 5.56 Å². The first-order valence-corrected chi connectivity index (χ1v) is 8.94. The lowest BCUT2D eigenvalue weighted by Gasteiger charge is -1.98. The van der Waals surface area contributed by atoms with E-state index in [1.54, 1.807) is 31.4 Å². The van der Waals surface area contributed by atoms with Crippen LogP contribution in [0.15, 0.2) is 53.3 Å². The topological polar surface area (TPSA) is 56.5 Å². The van der Waals surface area contributed by atoms with Crippen LogP contribution in [0.25, 0.3) is 23.2 Å². The lowest BCUT2D eigenvalue weighted by Crippen LogP contribution is -2.23. The Hall–Kier alpha value is -3.32. The number of benzene rings is 2. The van der Waals surface area contributed by atoms with Gasteiger partial charge in [0.15, 0.2) is 5.82 Å². The highest BCUT2D eigenvalue weighted by Gasteiger charge is 2.09. The van der Waals surface area contributed by atoms with Crippen LogP contribution in [-0.2, 0) is 0 Å². The Balaban J connectivity index is 1.65.